The molecule has 0 radical (unpaired) electrons. The average Bonchev–Trinajstić information content (AvgIpc) is 3.16. The van der Waals surface area contributed by atoms with Crippen LogP contribution in [0.3, 0.4) is 0 Å². The minimum atomic E-state index is -4.77. The van der Waals surface area contributed by atoms with Crippen LogP contribution in [0.4, 0.5) is 29.3 Å². The Bertz CT molecular complexity index is 897. The number of rotatable bonds is 3. The first-order chi connectivity index (χ1) is 14.2. The number of nitrogens with two attached hydrogens (primary N) is 2. The van der Waals surface area contributed by atoms with Gasteiger partial charge in [-0.2, -0.15) is 23.3 Å². The molecule has 8 nitrogen and oxygen atoms in total. The van der Waals surface area contributed by atoms with Crippen LogP contribution in [0, 0.1) is 0 Å². The van der Waals surface area contributed by atoms with Gasteiger partial charge in [-0.05, 0) is 19.3 Å². The van der Waals surface area contributed by atoms with Gasteiger partial charge in [0.25, 0.3) is 0 Å². The number of nitrogens with zero attached hydrogens (tertiary/aromatic N) is 5. The molecule has 4 rings (SSSR count). The van der Waals surface area contributed by atoms with Crippen molar-refractivity contribution in [3.8, 4) is 11.3 Å². The van der Waals surface area contributed by atoms with Crippen molar-refractivity contribution in [3.05, 3.63) is 18.0 Å². The van der Waals surface area contributed by atoms with Crippen LogP contribution in [0.25, 0.3) is 11.3 Å². The maximum Gasteiger partial charge on any atom is 0.422 e. The Hall–Kier alpha value is -2.47. The fourth-order valence-corrected chi connectivity index (χ4v) is 4.22. The number of aromatic nitrogens is 4. The first-order valence-electron chi connectivity index (χ1n) is 9.74. The summed E-state index contributed by atoms with van der Waals surface area (Å²) in [6.07, 6.45) is -1.14. The topological polar surface area (TPSA) is 108 Å². The number of halogens is 4. The molecule has 2 unspecified atom stereocenters. The van der Waals surface area contributed by atoms with Gasteiger partial charge in [-0.1, -0.05) is 0 Å². The second-order valence-electron chi connectivity index (χ2n) is 7.61. The van der Waals surface area contributed by atoms with Gasteiger partial charge in [-0.15, -0.1) is 0 Å². The molecule has 2 aliphatic heterocycles. The zero-order chi connectivity index (χ0) is 21.5. The lowest BCUT2D eigenvalue weighted by atomic mass is 9.98. The normalized spacial score (nSPS) is 24.3. The minimum Gasteiger partial charge on any atom is -0.383 e. The Morgan fingerprint density at radius 3 is 2.50 bits per heavy atom. The summed E-state index contributed by atoms with van der Waals surface area (Å²) in [5.41, 5.74) is 9.36. The van der Waals surface area contributed by atoms with Crippen LogP contribution in [0.1, 0.15) is 30.9 Å². The van der Waals surface area contributed by atoms with Crippen molar-refractivity contribution in [2.75, 3.05) is 37.8 Å². The van der Waals surface area contributed by atoms with Gasteiger partial charge < -0.3 is 16.2 Å². The molecule has 164 valence electrons. The first kappa shape index (κ1) is 20.8. The molecule has 2 saturated heterocycles. The number of piperidine rings is 1. The number of hydrogen-bond donors (Lipinski definition) is 2. The molecule has 2 aliphatic rings. The number of likely N-dealkylation sites (tertiary alicyclic amines) is 1. The molecule has 0 aromatic carbocycles. The second kappa shape index (κ2) is 7.99. The van der Waals surface area contributed by atoms with Crippen LogP contribution in [-0.2, 0) is 10.9 Å². The van der Waals surface area contributed by atoms with E-state index in [0.29, 0.717) is 32.2 Å². The van der Waals surface area contributed by atoms with Gasteiger partial charge in [-0.3, -0.25) is 9.58 Å². The maximum absolute atomic E-state index is 15.0. The van der Waals surface area contributed by atoms with E-state index in [0.717, 1.165) is 12.8 Å². The maximum atomic E-state index is 15.0. The van der Waals surface area contributed by atoms with Crippen molar-refractivity contribution in [1.29, 1.82) is 0 Å². The Balaban J connectivity index is 1.55. The summed E-state index contributed by atoms with van der Waals surface area (Å²) >= 11 is 0. The molecule has 0 amide bonds. The summed E-state index contributed by atoms with van der Waals surface area (Å²) in [4.78, 5) is 9.26. The van der Waals surface area contributed by atoms with E-state index in [4.69, 9.17) is 16.2 Å². The third-order valence-electron chi connectivity index (χ3n) is 5.70. The quantitative estimate of drug-likeness (QED) is 0.721. The highest BCUT2D eigenvalue weighted by Gasteiger charge is 2.39. The molecule has 2 fully saturated rings. The van der Waals surface area contributed by atoms with Gasteiger partial charge >= 0.3 is 6.18 Å². The fourth-order valence-electron chi connectivity index (χ4n) is 4.22. The number of nitrogen functional groups attached to an aromatic ring is 2. The smallest absolute Gasteiger partial charge is 0.383 e. The summed E-state index contributed by atoms with van der Waals surface area (Å²) in [6.45, 7) is 2.30. The van der Waals surface area contributed by atoms with Crippen molar-refractivity contribution in [1.82, 2.24) is 24.6 Å². The third kappa shape index (κ3) is 4.06. The van der Waals surface area contributed by atoms with Crippen LogP contribution in [0.2, 0.25) is 0 Å². The lowest BCUT2D eigenvalue weighted by Crippen LogP contribution is -2.49. The minimum absolute atomic E-state index is 0.0576. The molecule has 30 heavy (non-hydrogen) atoms. The molecular formula is C18H23F4N7O. The third-order valence-corrected chi connectivity index (χ3v) is 5.70. The Kier molecular flexibility index (Phi) is 5.53. The fraction of sp³-hybridized carbons (Fsp3) is 0.611. The van der Waals surface area contributed by atoms with Crippen LogP contribution in [0.15, 0.2) is 12.4 Å². The predicted molar refractivity (Wildman–Crippen MR) is 101 cm³/mol. The van der Waals surface area contributed by atoms with Crippen LogP contribution >= 0.6 is 0 Å². The van der Waals surface area contributed by atoms with Crippen LogP contribution < -0.4 is 11.5 Å². The van der Waals surface area contributed by atoms with E-state index in [9.17, 15) is 17.6 Å². The van der Waals surface area contributed by atoms with Crippen molar-refractivity contribution in [2.45, 2.75) is 43.7 Å². The summed E-state index contributed by atoms with van der Waals surface area (Å²) < 4.78 is 62.1. The molecule has 4 heterocycles. The summed E-state index contributed by atoms with van der Waals surface area (Å²) in [5.74, 6) is -1.14. The molecule has 0 saturated carbocycles. The zero-order valence-corrected chi connectivity index (χ0v) is 16.1. The SMILES string of the molecule is Nc1nc(N)c(C(F)(F)F)c(-c2cnn(C3CCN(C4CCOCC4)CC3F)c2)n1. The Morgan fingerprint density at radius 1 is 1.10 bits per heavy atom. The van der Waals surface area contributed by atoms with Crippen molar-refractivity contribution in [2.24, 2.45) is 0 Å². The molecule has 12 heteroatoms. The number of ether oxygens (including phenoxy) is 1. The summed E-state index contributed by atoms with van der Waals surface area (Å²) in [6, 6.07) is -0.270. The summed E-state index contributed by atoms with van der Waals surface area (Å²) in [5, 5.41) is 4.12. The Morgan fingerprint density at radius 2 is 1.83 bits per heavy atom. The summed E-state index contributed by atoms with van der Waals surface area (Å²) in [7, 11) is 0. The molecule has 4 N–H and O–H groups in total. The molecule has 2 aromatic heterocycles. The highest BCUT2D eigenvalue weighted by Crippen LogP contribution is 2.39. The second-order valence-corrected chi connectivity index (χ2v) is 7.61. The van der Waals surface area contributed by atoms with E-state index in [1.165, 1.54) is 17.1 Å². The van der Waals surface area contributed by atoms with E-state index in [-0.39, 0.29) is 18.1 Å². The van der Waals surface area contributed by atoms with Gasteiger partial charge in [0.2, 0.25) is 5.95 Å². The molecule has 0 aliphatic carbocycles. The van der Waals surface area contributed by atoms with E-state index in [2.05, 4.69) is 20.0 Å². The molecule has 2 atom stereocenters. The zero-order valence-electron chi connectivity index (χ0n) is 16.1. The number of hydrogen-bond acceptors (Lipinski definition) is 7. The largest absolute Gasteiger partial charge is 0.422 e. The van der Waals surface area contributed by atoms with E-state index in [1.54, 1.807) is 0 Å². The van der Waals surface area contributed by atoms with Crippen molar-refractivity contribution in [3.63, 3.8) is 0 Å². The molecule has 0 bridgehead atoms. The monoisotopic (exact) mass is 429 g/mol. The van der Waals surface area contributed by atoms with Crippen LogP contribution in [-0.4, -0.2) is 63.2 Å². The first-order valence-corrected chi connectivity index (χ1v) is 9.74. The Labute approximate surface area is 170 Å². The van der Waals surface area contributed by atoms with Crippen molar-refractivity contribution >= 4 is 11.8 Å². The van der Waals surface area contributed by atoms with Gasteiger partial charge in [-0.25, -0.2) is 9.37 Å². The highest BCUT2D eigenvalue weighted by atomic mass is 19.4. The van der Waals surface area contributed by atoms with Gasteiger partial charge in [0.05, 0.1) is 17.9 Å². The standard InChI is InChI=1S/C18H23F4N7O/c19-12-9-28(11-2-5-30-6-3-11)4-1-13(12)29-8-10(7-25-29)15-14(18(20,21)22)16(23)27-17(24)26-15/h7-8,11-13H,1-6,9H2,(H4,23,24,26,27). The van der Waals surface area contributed by atoms with Gasteiger partial charge in [0.1, 0.15) is 17.6 Å². The molecule has 2 aromatic rings. The highest BCUT2D eigenvalue weighted by molar-refractivity contribution is 5.69. The van der Waals surface area contributed by atoms with E-state index in [1.807, 2.05) is 0 Å². The molecule has 0 spiro atoms. The lowest BCUT2D eigenvalue weighted by molar-refractivity contribution is -0.136. The van der Waals surface area contributed by atoms with Gasteiger partial charge in [0, 0.05) is 44.1 Å². The lowest BCUT2D eigenvalue weighted by Gasteiger charge is -2.40. The van der Waals surface area contributed by atoms with E-state index >= 15 is 0 Å². The predicted octanol–water partition coefficient (Wildman–Crippen LogP) is 2.29. The van der Waals surface area contributed by atoms with Gasteiger partial charge in [0.15, 0.2) is 0 Å². The number of anilines is 2. The molecular weight excluding hydrogens is 406 g/mol. The number of alkyl halides is 4. The van der Waals surface area contributed by atoms with Crippen molar-refractivity contribution < 1.29 is 22.3 Å². The average molecular weight is 429 g/mol. The van der Waals surface area contributed by atoms with Crippen LogP contribution in [0.5, 0.6) is 0 Å². The van der Waals surface area contributed by atoms with E-state index < -0.39 is 35.5 Å².